The van der Waals surface area contributed by atoms with Crippen molar-refractivity contribution >= 4 is 0 Å². The highest BCUT2D eigenvalue weighted by Crippen LogP contribution is 1.95. The summed E-state index contributed by atoms with van der Waals surface area (Å²) in [5.74, 6) is 0. The third kappa shape index (κ3) is 2.25. The van der Waals surface area contributed by atoms with Gasteiger partial charge in [0.15, 0.2) is 0 Å². The minimum atomic E-state index is -0.594. The van der Waals surface area contributed by atoms with Crippen molar-refractivity contribution in [2.45, 2.75) is 13.0 Å². The van der Waals surface area contributed by atoms with Crippen LogP contribution >= 0.6 is 0 Å². The van der Waals surface area contributed by atoms with Crippen molar-refractivity contribution in [1.29, 1.82) is 0 Å². The lowest BCUT2D eigenvalue weighted by Crippen LogP contribution is -2.35. The predicted molar refractivity (Wildman–Crippen MR) is 59.3 cm³/mol. The van der Waals surface area contributed by atoms with Gasteiger partial charge < -0.3 is 9.55 Å². The molecule has 0 aliphatic heterocycles. The van der Waals surface area contributed by atoms with E-state index in [0.717, 1.165) is 5.69 Å². The van der Waals surface area contributed by atoms with Crippen LogP contribution in [0.15, 0.2) is 46.4 Å². The molecule has 0 radical (unpaired) electrons. The van der Waals surface area contributed by atoms with Gasteiger partial charge in [0.1, 0.15) is 0 Å². The normalized spacial score (nSPS) is 10.2. The molecule has 2 rings (SSSR count). The van der Waals surface area contributed by atoms with Crippen LogP contribution in [0.25, 0.3) is 0 Å². The summed E-state index contributed by atoms with van der Waals surface area (Å²) < 4.78 is 1.38. The zero-order valence-electron chi connectivity index (χ0n) is 8.59. The van der Waals surface area contributed by atoms with E-state index in [1.54, 1.807) is 12.4 Å². The molecular formula is C11H11N3O2. The molecule has 5 nitrogen and oxygen atoms in total. The van der Waals surface area contributed by atoms with Gasteiger partial charge in [0.2, 0.25) is 0 Å². The molecule has 2 heterocycles. The van der Waals surface area contributed by atoms with Gasteiger partial charge in [-0.15, -0.1) is 0 Å². The standard InChI is InChI=1S/C11H11N3O2/c15-10-11(16)14(8-6-13-10)7-4-9-3-1-2-5-12-9/h1-3,5-6,8H,4,7H2,(H,13,15). The molecule has 82 valence electrons. The lowest BCUT2D eigenvalue weighted by molar-refractivity contribution is 0.648. The van der Waals surface area contributed by atoms with E-state index < -0.39 is 11.1 Å². The summed E-state index contributed by atoms with van der Waals surface area (Å²) in [7, 11) is 0. The highest BCUT2D eigenvalue weighted by atomic mass is 16.2. The fourth-order valence-electron chi connectivity index (χ4n) is 1.42. The third-order valence-electron chi connectivity index (χ3n) is 2.26. The molecule has 0 saturated heterocycles. The van der Waals surface area contributed by atoms with Gasteiger partial charge in [0.05, 0.1) is 0 Å². The predicted octanol–water partition coefficient (Wildman–Crippen LogP) is 0.174. The van der Waals surface area contributed by atoms with Crippen LogP contribution in [0.2, 0.25) is 0 Å². The Labute approximate surface area is 91.4 Å². The van der Waals surface area contributed by atoms with Gasteiger partial charge in [0.25, 0.3) is 0 Å². The molecule has 1 N–H and O–H groups in total. The molecule has 0 atom stereocenters. The second-order valence-electron chi connectivity index (χ2n) is 3.36. The SMILES string of the molecule is O=c1[nH]ccn(CCc2ccccn2)c1=O. The number of nitrogens with zero attached hydrogens (tertiary/aromatic N) is 2. The highest BCUT2D eigenvalue weighted by molar-refractivity contribution is 5.03. The molecule has 0 bridgehead atoms. The van der Waals surface area contributed by atoms with Crippen LogP contribution in [0, 0.1) is 0 Å². The van der Waals surface area contributed by atoms with E-state index in [-0.39, 0.29) is 0 Å². The molecule has 0 unspecified atom stereocenters. The second-order valence-corrected chi connectivity index (χ2v) is 3.36. The van der Waals surface area contributed by atoms with Crippen molar-refractivity contribution in [3.63, 3.8) is 0 Å². The van der Waals surface area contributed by atoms with E-state index in [2.05, 4.69) is 9.97 Å². The van der Waals surface area contributed by atoms with Gasteiger partial charge in [0, 0.05) is 37.3 Å². The molecule has 0 spiro atoms. The van der Waals surface area contributed by atoms with Crippen LogP contribution in [-0.4, -0.2) is 14.5 Å². The summed E-state index contributed by atoms with van der Waals surface area (Å²) in [6, 6.07) is 5.62. The summed E-state index contributed by atoms with van der Waals surface area (Å²) in [4.78, 5) is 28.9. The first-order chi connectivity index (χ1) is 7.77. The lowest BCUT2D eigenvalue weighted by Gasteiger charge is -2.03. The summed E-state index contributed by atoms with van der Waals surface area (Å²) in [5.41, 5.74) is -0.225. The number of rotatable bonds is 3. The number of pyridine rings is 1. The average molecular weight is 217 g/mol. The Morgan fingerprint density at radius 2 is 2.19 bits per heavy atom. The molecule has 2 aromatic rings. The minimum absolute atomic E-state index is 0.458. The van der Waals surface area contributed by atoms with Crippen molar-refractivity contribution in [2.75, 3.05) is 0 Å². The monoisotopic (exact) mass is 217 g/mol. The number of hydrogen-bond acceptors (Lipinski definition) is 3. The van der Waals surface area contributed by atoms with Crippen LogP contribution in [0.4, 0.5) is 0 Å². The van der Waals surface area contributed by atoms with E-state index in [1.165, 1.54) is 10.8 Å². The van der Waals surface area contributed by atoms with Gasteiger partial charge in [-0.05, 0) is 12.1 Å². The van der Waals surface area contributed by atoms with E-state index in [1.807, 2.05) is 18.2 Å². The fourth-order valence-corrected chi connectivity index (χ4v) is 1.42. The molecule has 5 heteroatoms. The molecule has 16 heavy (non-hydrogen) atoms. The molecular weight excluding hydrogens is 206 g/mol. The lowest BCUT2D eigenvalue weighted by atomic mass is 10.3. The van der Waals surface area contributed by atoms with Crippen molar-refractivity contribution in [1.82, 2.24) is 14.5 Å². The maximum Gasteiger partial charge on any atom is 0.316 e. The molecule has 0 fully saturated rings. The van der Waals surface area contributed by atoms with E-state index >= 15 is 0 Å². The second kappa shape index (κ2) is 4.57. The Hall–Kier alpha value is -2.17. The molecule has 0 aliphatic rings. The van der Waals surface area contributed by atoms with Crippen LogP contribution < -0.4 is 11.1 Å². The molecule has 0 saturated carbocycles. The Kier molecular flexibility index (Phi) is 2.95. The first-order valence-corrected chi connectivity index (χ1v) is 4.95. The van der Waals surface area contributed by atoms with Crippen molar-refractivity contribution < 1.29 is 0 Å². The largest absolute Gasteiger partial charge is 0.323 e. The molecule has 2 aromatic heterocycles. The number of aryl methyl sites for hydroxylation is 2. The third-order valence-corrected chi connectivity index (χ3v) is 2.26. The smallest absolute Gasteiger partial charge is 0.316 e. The first kappa shape index (κ1) is 10.4. The van der Waals surface area contributed by atoms with Gasteiger partial charge >= 0.3 is 11.1 Å². The van der Waals surface area contributed by atoms with Crippen molar-refractivity contribution in [3.8, 4) is 0 Å². The van der Waals surface area contributed by atoms with Crippen molar-refractivity contribution in [3.05, 3.63) is 63.2 Å². The van der Waals surface area contributed by atoms with Crippen LogP contribution in [0.1, 0.15) is 5.69 Å². The Balaban J connectivity index is 2.14. The molecule has 0 aromatic carbocycles. The highest BCUT2D eigenvalue weighted by Gasteiger charge is 2.00. The zero-order chi connectivity index (χ0) is 11.4. The topological polar surface area (TPSA) is 67.8 Å². The van der Waals surface area contributed by atoms with E-state index in [9.17, 15) is 9.59 Å². The van der Waals surface area contributed by atoms with Crippen LogP contribution in [0.5, 0.6) is 0 Å². The first-order valence-electron chi connectivity index (χ1n) is 4.95. The maximum absolute atomic E-state index is 11.4. The number of aromatic nitrogens is 3. The number of H-pyrrole nitrogens is 1. The zero-order valence-corrected chi connectivity index (χ0v) is 8.59. The van der Waals surface area contributed by atoms with E-state index in [4.69, 9.17) is 0 Å². The average Bonchev–Trinajstić information content (AvgIpc) is 2.32. The van der Waals surface area contributed by atoms with Crippen LogP contribution in [0.3, 0.4) is 0 Å². The Morgan fingerprint density at radius 3 is 2.94 bits per heavy atom. The van der Waals surface area contributed by atoms with Gasteiger partial charge in [-0.1, -0.05) is 6.07 Å². The maximum atomic E-state index is 11.4. The number of nitrogens with one attached hydrogen (secondary N) is 1. The Morgan fingerprint density at radius 1 is 1.31 bits per heavy atom. The summed E-state index contributed by atoms with van der Waals surface area (Å²) >= 11 is 0. The van der Waals surface area contributed by atoms with E-state index in [0.29, 0.717) is 13.0 Å². The Bertz CT molecular complexity index is 572. The quantitative estimate of drug-likeness (QED) is 0.745. The van der Waals surface area contributed by atoms with Crippen molar-refractivity contribution in [2.24, 2.45) is 0 Å². The summed E-state index contributed by atoms with van der Waals surface area (Å²) in [6.45, 7) is 0.458. The van der Waals surface area contributed by atoms with Gasteiger partial charge in [-0.3, -0.25) is 14.6 Å². The van der Waals surface area contributed by atoms with Gasteiger partial charge in [-0.2, -0.15) is 0 Å². The fraction of sp³-hybridized carbons (Fsp3) is 0.182. The summed E-state index contributed by atoms with van der Waals surface area (Å²) in [6.07, 6.45) is 5.36. The number of aromatic amines is 1. The molecule has 0 amide bonds. The summed E-state index contributed by atoms with van der Waals surface area (Å²) in [5, 5.41) is 0. The number of hydrogen-bond donors (Lipinski definition) is 1. The van der Waals surface area contributed by atoms with Crippen LogP contribution in [-0.2, 0) is 13.0 Å². The van der Waals surface area contributed by atoms with Gasteiger partial charge in [-0.25, -0.2) is 0 Å². The molecule has 0 aliphatic carbocycles. The minimum Gasteiger partial charge on any atom is -0.323 e.